The number of alkyl halides is 2. The molecule has 0 saturated carbocycles. The third kappa shape index (κ3) is 4.50. The highest BCUT2D eigenvalue weighted by Gasteiger charge is 2.11. The fourth-order valence-electron chi connectivity index (χ4n) is 1.39. The molecule has 1 heterocycles. The Morgan fingerprint density at radius 1 is 1.41 bits per heavy atom. The molecule has 1 N–H and O–H groups in total. The molecular formula is C11H18F2N4. The fraction of sp³-hybridized carbons (Fsp3) is 0.636. The van der Waals surface area contributed by atoms with E-state index in [0.29, 0.717) is 17.5 Å². The normalized spacial score (nSPS) is 10.7. The van der Waals surface area contributed by atoms with Crippen molar-refractivity contribution in [3.8, 4) is 0 Å². The molecule has 96 valence electrons. The summed E-state index contributed by atoms with van der Waals surface area (Å²) in [6, 6.07) is 1.69. The Hall–Kier alpha value is -1.46. The Kier molecular flexibility index (Phi) is 5.06. The van der Waals surface area contributed by atoms with Crippen LogP contribution in [-0.2, 0) is 0 Å². The molecule has 6 heteroatoms. The Labute approximate surface area is 100 Å². The van der Waals surface area contributed by atoms with E-state index in [1.165, 1.54) is 4.90 Å². The number of hydrogen-bond acceptors (Lipinski definition) is 4. The molecule has 17 heavy (non-hydrogen) atoms. The van der Waals surface area contributed by atoms with Crippen LogP contribution in [0, 0.1) is 6.92 Å². The topological polar surface area (TPSA) is 41.0 Å². The molecule has 1 aromatic rings. The SMILES string of the molecule is CCCNc1cc(N(C)CC(F)F)nc(C)n1. The summed E-state index contributed by atoms with van der Waals surface area (Å²) in [5, 5.41) is 3.12. The second kappa shape index (κ2) is 6.32. The van der Waals surface area contributed by atoms with Crippen LogP contribution in [0.2, 0.25) is 0 Å². The lowest BCUT2D eigenvalue weighted by Crippen LogP contribution is -2.25. The van der Waals surface area contributed by atoms with Crippen molar-refractivity contribution < 1.29 is 8.78 Å². The lowest BCUT2D eigenvalue weighted by molar-refractivity contribution is 0.156. The summed E-state index contributed by atoms with van der Waals surface area (Å²) in [7, 11) is 1.59. The minimum Gasteiger partial charge on any atom is -0.370 e. The highest BCUT2D eigenvalue weighted by molar-refractivity contribution is 5.48. The molecule has 1 rings (SSSR count). The van der Waals surface area contributed by atoms with E-state index < -0.39 is 6.43 Å². The zero-order valence-electron chi connectivity index (χ0n) is 10.4. The van der Waals surface area contributed by atoms with Gasteiger partial charge < -0.3 is 10.2 Å². The number of aryl methyl sites for hydroxylation is 1. The molecule has 0 atom stereocenters. The maximum absolute atomic E-state index is 12.3. The maximum Gasteiger partial charge on any atom is 0.255 e. The second-order valence-corrected chi connectivity index (χ2v) is 3.86. The minimum absolute atomic E-state index is 0.330. The third-order valence-corrected chi connectivity index (χ3v) is 2.18. The van der Waals surface area contributed by atoms with E-state index in [1.807, 2.05) is 6.92 Å². The van der Waals surface area contributed by atoms with Crippen molar-refractivity contribution in [2.75, 3.05) is 30.4 Å². The van der Waals surface area contributed by atoms with Crippen LogP contribution in [0.3, 0.4) is 0 Å². The number of anilines is 2. The molecule has 1 aromatic heterocycles. The van der Waals surface area contributed by atoms with Gasteiger partial charge in [-0.15, -0.1) is 0 Å². The van der Waals surface area contributed by atoms with Crippen LogP contribution in [-0.4, -0.2) is 36.5 Å². The molecule has 0 aromatic carbocycles. The molecule has 0 saturated heterocycles. The zero-order chi connectivity index (χ0) is 12.8. The summed E-state index contributed by atoms with van der Waals surface area (Å²) in [4.78, 5) is 9.76. The van der Waals surface area contributed by atoms with Crippen molar-refractivity contribution in [2.24, 2.45) is 0 Å². The van der Waals surface area contributed by atoms with E-state index >= 15 is 0 Å². The maximum atomic E-state index is 12.3. The zero-order valence-corrected chi connectivity index (χ0v) is 10.4. The van der Waals surface area contributed by atoms with Gasteiger partial charge in [0.2, 0.25) is 0 Å². The molecule has 0 aliphatic heterocycles. The van der Waals surface area contributed by atoms with Crippen LogP contribution >= 0.6 is 0 Å². The van der Waals surface area contributed by atoms with Gasteiger partial charge in [0.15, 0.2) is 0 Å². The van der Waals surface area contributed by atoms with Gasteiger partial charge in [0.05, 0.1) is 6.54 Å². The van der Waals surface area contributed by atoms with Gasteiger partial charge in [-0.05, 0) is 13.3 Å². The van der Waals surface area contributed by atoms with E-state index in [-0.39, 0.29) is 6.54 Å². The van der Waals surface area contributed by atoms with E-state index in [4.69, 9.17) is 0 Å². The molecule has 0 fully saturated rings. The second-order valence-electron chi connectivity index (χ2n) is 3.86. The van der Waals surface area contributed by atoms with Gasteiger partial charge in [0.25, 0.3) is 6.43 Å². The van der Waals surface area contributed by atoms with Crippen LogP contribution in [0.4, 0.5) is 20.4 Å². The molecule has 0 radical (unpaired) electrons. The lowest BCUT2D eigenvalue weighted by Gasteiger charge is -2.18. The molecule has 0 bridgehead atoms. The number of nitrogens with one attached hydrogen (secondary N) is 1. The van der Waals surface area contributed by atoms with Crippen molar-refractivity contribution in [3.63, 3.8) is 0 Å². The molecule has 0 aliphatic rings. The van der Waals surface area contributed by atoms with Crippen LogP contribution in [0.25, 0.3) is 0 Å². The number of rotatable bonds is 6. The van der Waals surface area contributed by atoms with E-state index in [2.05, 4.69) is 15.3 Å². The summed E-state index contributed by atoms with van der Waals surface area (Å²) in [5.74, 6) is 1.76. The molecule has 0 aliphatic carbocycles. The van der Waals surface area contributed by atoms with Gasteiger partial charge in [-0.1, -0.05) is 6.92 Å². The number of hydrogen-bond donors (Lipinski definition) is 1. The van der Waals surface area contributed by atoms with Gasteiger partial charge in [0.1, 0.15) is 17.5 Å². The van der Waals surface area contributed by atoms with Crippen LogP contribution in [0.5, 0.6) is 0 Å². The first kappa shape index (κ1) is 13.6. The first-order valence-corrected chi connectivity index (χ1v) is 5.61. The van der Waals surface area contributed by atoms with Crippen molar-refractivity contribution in [2.45, 2.75) is 26.7 Å². The predicted molar refractivity (Wildman–Crippen MR) is 64.8 cm³/mol. The fourth-order valence-corrected chi connectivity index (χ4v) is 1.39. The van der Waals surface area contributed by atoms with Crippen molar-refractivity contribution in [1.29, 1.82) is 0 Å². The standard InChI is InChI=1S/C11H18F2N4/c1-4-5-14-10-6-11(16-8(2)15-10)17(3)7-9(12)13/h6,9H,4-5,7H2,1-3H3,(H,14,15,16). The van der Waals surface area contributed by atoms with Gasteiger partial charge in [-0.3, -0.25) is 0 Å². The van der Waals surface area contributed by atoms with Crippen LogP contribution < -0.4 is 10.2 Å². The average molecular weight is 244 g/mol. The highest BCUT2D eigenvalue weighted by Crippen LogP contribution is 2.15. The third-order valence-electron chi connectivity index (χ3n) is 2.18. The summed E-state index contributed by atoms with van der Waals surface area (Å²) < 4.78 is 24.5. The summed E-state index contributed by atoms with van der Waals surface area (Å²) >= 11 is 0. The van der Waals surface area contributed by atoms with E-state index in [9.17, 15) is 8.78 Å². The number of halogens is 2. The molecule has 0 unspecified atom stereocenters. The molecule has 0 amide bonds. The van der Waals surface area contributed by atoms with Crippen LogP contribution in [0.15, 0.2) is 6.07 Å². The van der Waals surface area contributed by atoms with Gasteiger partial charge >= 0.3 is 0 Å². The van der Waals surface area contributed by atoms with Crippen molar-refractivity contribution in [3.05, 3.63) is 11.9 Å². The van der Waals surface area contributed by atoms with E-state index in [1.54, 1.807) is 20.0 Å². The Bertz CT molecular complexity index is 357. The Balaban J connectivity index is 2.80. The summed E-state index contributed by atoms with van der Waals surface area (Å²) in [5.41, 5.74) is 0. The Morgan fingerprint density at radius 2 is 2.12 bits per heavy atom. The smallest absolute Gasteiger partial charge is 0.255 e. The summed E-state index contributed by atoms with van der Waals surface area (Å²) in [6.07, 6.45) is -1.40. The van der Waals surface area contributed by atoms with Gasteiger partial charge in [-0.2, -0.15) is 0 Å². The van der Waals surface area contributed by atoms with Crippen molar-refractivity contribution in [1.82, 2.24) is 9.97 Å². The number of nitrogens with zero attached hydrogens (tertiary/aromatic N) is 3. The number of aromatic nitrogens is 2. The quantitative estimate of drug-likeness (QED) is 0.833. The first-order chi connectivity index (χ1) is 8.02. The average Bonchev–Trinajstić information content (AvgIpc) is 2.24. The molecule has 0 spiro atoms. The molecular weight excluding hydrogens is 226 g/mol. The van der Waals surface area contributed by atoms with Crippen LogP contribution in [0.1, 0.15) is 19.2 Å². The van der Waals surface area contributed by atoms with Gasteiger partial charge in [0, 0.05) is 19.7 Å². The largest absolute Gasteiger partial charge is 0.370 e. The molecule has 4 nitrogen and oxygen atoms in total. The predicted octanol–water partition coefficient (Wildman–Crippen LogP) is 2.31. The Morgan fingerprint density at radius 3 is 2.71 bits per heavy atom. The minimum atomic E-state index is -2.37. The van der Waals surface area contributed by atoms with E-state index in [0.717, 1.165) is 13.0 Å². The monoisotopic (exact) mass is 244 g/mol. The van der Waals surface area contributed by atoms with Crippen molar-refractivity contribution >= 4 is 11.6 Å². The lowest BCUT2D eigenvalue weighted by atomic mass is 10.4. The first-order valence-electron chi connectivity index (χ1n) is 5.61. The highest BCUT2D eigenvalue weighted by atomic mass is 19.3. The van der Waals surface area contributed by atoms with Gasteiger partial charge in [-0.25, -0.2) is 18.7 Å². The summed E-state index contributed by atoms with van der Waals surface area (Å²) in [6.45, 7) is 4.26.